The van der Waals surface area contributed by atoms with Crippen molar-refractivity contribution in [2.75, 3.05) is 0 Å². The number of aryl methyl sites for hydroxylation is 1. The smallest absolute Gasteiger partial charge is 0.0592 e. The highest BCUT2D eigenvalue weighted by Crippen LogP contribution is 2.35. The molecule has 68 valence electrons. The number of thiophene rings is 1. The topological polar surface area (TPSA) is 0 Å². The van der Waals surface area contributed by atoms with E-state index in [2.05, 4.69) is 13.0 Å². The van der Waals surface area contributed by atoms with Gasteiger partial charge in [-0.05, 0) is 24.1 Å². The molecule has 0 aliphatic rings. The summed E-state index contributed by atoms with van der Waals surface area (Å²) in [6.07, 6.45) is 0.988. The second-order valence-electron chi connectivity index (χ2n) is 2.89. The van der Waals surface area contributed by atoms with Crippen LogP contribution in [0, 0.1) is 0 Å². The molecule has 0 atom stereocenters. The number of fused-ring (bicyclic) bond motifs is 1. The molecule has 0 spiro atoms. The van der Waals surface area contributed by atoms with Crippen LogP contribution in [0.3, 0.4) is 0 Å². The number of hydrogen-bond donors (Lipinski definition) is 0. The average molecular weight is 231 g/mol. The first-order valence-electron chi connectivity index (χ1n) is 4.07. The van der Waals surface area contributed by atoms with Crippen molar-refractivity contribution in [3.05, 3.63) is 33.1 Å². The van der Waals surface area contributed by atoms with E-state index in [9.17, 15) is 0 Å². The predicted octanol–water partition coefficient (Wildman–Crippen LogP) is 4.77. The molecule has 2 aromatic rings. The highest BCUT2D eigenvalue weighted by atomic mass is 35.5. The maximum absolute atomic E-state index is 6.11. The van der Waals surface area contributed by atoms with Crippen molar-refractivity contribution in [2.24, 2.45) is 0 Å². The highest BCUT2D eigenvalue weighted by molar-refractivity contribution is 7.18. The van der Waals surface area contributed by atoms with Gasteiger partial charge in [-0.3, -0.25) is 0 Å². The van der Waals surface area contributed by atoms with Crippen LogP contribution in [0.2, 0.25) is 10.0 Å². The minimum absolute atomic E-state index is 0.803. The van der Waals surface area contributed by atoms with Crippen LogP contribution in [0.5, 0.6) is 0 Å². The zero-order valence-corrected chi connectivity index (χ0v) is 9.43. The van der Waals surface area contributed by atoms with E-state index in [4.69, 9.17) is 23.2 Å². The van der Waals surface area contributed by atoms with Crippen LogP contribution < -0.4 is 0 Å². The number of benzene rings is 1. The Morgan fingerprint density at radius 3 is 2.69 bits per heavy atom. The quantitative estimate of drug-likeness (QED) is 0.663. The fraction of sp³-hybridized carbons (Fsp3) is 0.200. The summed E-state index contributed by atoms with van der Waals surface area (Å²) in [5.74, 6) is 0. The molecule has 0 fully saturated rings. The van der Waals surface area contributed by atoms with Gasteiger partial charge in [0.2, 0.25) is 0 Å². The van der Waals surface area contributed by atoms with Gasteiger partial charge in [-0.2, -0.15) is 0 Å². The normalized spacial score (nSPS) is 11.0. The van der Waals surface area contributed by atoms with Crippen molar-refractivity contribution in [1.29, 1.82) is 0 Å². The Morgan fingerprint density at radius 2 is 2.00 bits per heavy atom. The van der Waals surface area contributed by atoms with Gasteiger partial charge in [-0.15, -0.1) is 11.3 Å². The SMILES string of the molecule is CCc1cc(Cl)c2scc(Cl)c2c1. The van der Waals surface area contributed by atoms with E-state index >= 15 is 0 Å². The maximum atomic E-state index is 6.11. The fourth-order valence-electron chi connectivity index (χ4n) is 1.33. The molecule has 3 heteroatoms. The molecule has 0 aliphatic heterocycles. The third-order valence-corrected chi connectivity index (χ3v) is 3.93. The molecule has 1 aromatic heterocycles. The van der Waals surface area contributed by atoms with Gasteiger partial charge in [0.25, 0.3) is 0 Å². The minimum atomic E-state index is 0.803. The van der Waals surface area contributed by atoms with E-state index in [-0.39, 0.29) is 0 Å². The van der Waals surface area contributed by atoms with Crippen LogP contribution in [0.4, 0.5) is 0 Å². The lowest BCUT2D eigenvalue weighted by Crippen LogP contribution is -1.79. The van der Waals surface area contributed by atoms with Gasteiger partial charge >= 0.3 is 0 Å². The Labute approximate surface area is 91.1 Å². The van der Waals surface area contributed by atoms with Crippen LogP contribution in [0.25, 0.3) is 10.1 Å². The standard InChI is InChI=1S/C10H8Cl2S/c1-2-6-3-7-9(12)5-13-10(7)8(11)4-6/h3-5H,2H2,1H3. The van der Waals surface area contributed by atoms with E-state index in [1.54, 1.807) is 11.3 Å². The lowest BCUT2D eigenvalue weighted by atomic mass is 10.1. The number of rotatable bonds is 1. The second-order valence-corrected chi connectivity index (χ2v) is 4.59. The van der Waals surface area contributed by atoms with Gasteiger partial charge in [0.1, 0.15) is 0 Å². The number of hydrogen-bond acceptors (Lipinski definition) is 1. The molecule has 1 aromatic carbocycles. The first-order valence-corrected chi connectivity index (χ1v) is 5.71. The van der Waals surface area contributed by atoms with Crippen LogP contribution in [-0.2, 0) is 6.42 Å². The third-order valence-electron chi connectivity index (χ3n) is 2.05. The van der Waals surface area contributed by atoms with Gasteiger partial charge < -0.3 is 0 Å². The molecule has 0 aliphatic carbocycles. The molecule has 0 N–H and O–H groups in total. The highest BCUT2D eigenvalue weighted by Gasteiger charge is 2.06. The summed E-state index contributed by atoms with van der Waals surface area (Å²) in [5.41, 5.74) is 1.23. The van der Waals surface area contributed by atoms with Gasteiger partial charge in [0.05, 0.1) is 14.7 Å². The molecular formula is C10H8Cl2S. The van der Waals surface area contributed by atoms with E-state index in [0.717, 1.165) is 26.6 Å². The van der Waals surface area contributed by atoms with E-state index in [0.29, 0.717) is 0 Å². The molecule has 0 saturated heterocycles. The zero-order valence-electron chi connectivity index (χ0n) is 7.10. The van der Waals surface area contributed by atoms with Crippen molar-refractivity contribution in [2.45, 2.75) is 13.3 Å². The average Bonchev–Trinajstić information content (AvgIpc) is 2.48. The molecular weight excluding hydrogens is 223 g/mol. The van der Waals surface area contributed by atoms with Gasteiger partial charge in [-0.25, -0.2) is 0 Å². The Hall–Kier alpha value is -0.240. The molecule has 13 heavy (non-hydrogen) atoms. The summed E-state index contributed by atoms with van der Waals surface area (Å²) < 4.78 is 1.09. The van der Waals surface area contributed by atoms with Crippen molar-refractivity contribution < 1.29 is 0 Å². The van der Waals surface area contributed by atoms with Crippen LogP contribution in [-0.4, -0.2) is 0 Å². The van der Waals surface area contributed by atoms with Crippen molar-refractivity contribution in [3.8, 4) is 0 Å². The van der Waals surface area contributed by atoms with E-state index in [1.807, 2.05) is 11.4 Å². The molecule has 0 unspecified atom stereocenters. The Kier molecular flexibility index (Phi) is 2.50. The predicted molar refractivity (Wildman–Crippen MR) is 61.2 cm³/mol. The minimum Gasteiger partial charge on any atom is -0.141 e. The second kappa shape index (κ2) is 3.49. The number of halogens is 2. The van der Waals surface area contributed by atoms with Crippen molar-refractivity contribution >= 4 is 44.6 Å². The van der Waals surface area contributed by atoms with Crippen molar-refractivity contribution in [1.82, 2.24) is 0 Å². The fourth-order valence-corrected chi connectivity index (χ4v) is 2.85. The molecule has 0 bridgehead atoms. The summed E-state index contributed by atoms with van der Waals surface area (Å²) in [5, 5.41) is 4.62. The molecule has 0 radical (unpaired) electrons. The van der Waals surface area contributed by atoms with Crippen molar-refractivity contribution in [3.63, 3.8) is 0 Å². The Bertz CT molecular complexity index is 445. The lowest BCUT2D eigenvalue weighted by molar-refractivity contribution is 1.15. The summed E-state index contributed by atoms with van der Waals surface area (Å²) in [4.78, 5) is 0. The third kappa shape index (κ3) is 1.56. The monoisotopic (exact) mass is 230 g/mol. The maximum Gasteiger partial charge on any atom is 0.0592 e. The first kappa shape index (κ1) is 9.32. The van der Waals surface area contributed by atoms with Crippen LogP contribution in [0.15, 0.2) is 17.5 Å². The summed E-state index contributed by atoms with van der Waals surface area (Å²) in [6, 6.07) is 4.12. The summed E-state index contributed by atoms with van der Waals surface area (Å²) in [7, 11) is 0. The Morgan fingerprint density at radius 1 is 1.23 bits per heavy atom. The lowest BCUT2D eigenvalue weighted by Gasteiger charge is -1.99. The largest absolute Gasteiger partial charge is 0.141 e. The van der Waals surface area contributed by atoms with Crippen LogP contribution >= 0.6 is 34.5 Å². The Balaban J connectivity index is 2.80. The van der Waals surface area contributed by atoms with Gasteiger partial charge in [0, 0.05) is 10.8 Å². The first-order chi connectivity index (χ1) is 6.22. The summed E-state index contributed by atoms with van der Waals surface area (Å²) >= 11 is 13.7. The molecule has 0 nitrogen and oxygen atoms in total. The van der Waals surface area contributed by atoms with E-state index in [1.165, 1.54) is 5.56 Å². The molecule has 1 heterocycles. The van der Waals surface area contributed by atoms with Gasteiger partial charge in [-0.1, -0.05) is 30.1 Å². The molecule has 0 amide bonds. The summed E-state index contributed by atoms with van der Waals surface area (Å²) in [6.45, 7) is 2.11. The molecule has 0 saturated carbocycles. The van der Waals surface area contributed by atoms with Gasteiger partial charge in [0.15, 0.2) is 0 Å². The molecule has 2 rings (SSSR count). The van der Waals surface area contributed by atoms with Crippen LogP contribution in [0.1, 0.15) is 12.5 Å². The van der Waals surface area contributed by atoms with E-state index < -0.39 is 0 Å². The zero-order chi connectivity index (χ0) is 9.42.